The van der Waals surface area contributed by atoms with Crippen molar-refractivity contribution in [2.75, 3.05) is 38.3 Å². The van der Waals surface area contributed by atoms with Gasteiger partial charge in [-0.2, -0.15) is 0 Å². The Labute approximate surface area is 127 Å². The molecular weight excluding hydrogens is 267 g/mol. The van der Waals surface area contributed by atoms with Crippen molar-refractivity contribution in [3.8, 4) is 0 Å². The van der Waals surface area contributed by atoms with Gasteiger partial charge < -0.3 is 15.0 Å². The maximum Gasteiger partial charge on any atom is 0.123 e. The topological polar surface area (TPSA) is 24.5 Å². The van der Waals surface area contributed by atoms with Gasteiger partial charge >= 0.3 is 0 Å². The van der Waals surface area contributed by atoms with Gasteiger partial charge in [0.15, 0.2) is 0 Å². The molecular formula is C17H27FN2O. The maximum atomic E-state index is 13.0. The van der Waals surface area contributed by atoms with E-state index in [2.05, 4.69) is 31.1 Å². The molecule has 1 aromatic rings. The van der Waals surface area contributed by atoms with Gasteiger partial charge in [-0.25, -0.2) is 4.39 Å². The van der Waals surface area contributed by atoms with Gasteiger partial charge in [-0.1, -0.05) is 13.8 Å². The highest BCUT2D eigenvalue weighted by molar-refractivity contribution is 5.45. The first kappa shape index (κ1) is 16.2. The van der Waals surface area contributed by atoms with Crippen molar-refractivity contribution >= 4 is 5.69 Å². The van der Waals surface area contributed by atoms with Crippen molar-refractivity contribution < 1.29 is 9.13 Å². The van der Waals surface area contributed by atoms with E-state index in [-0.39, 0.29) is 11.2 Å². The Morgan fingerprint density at radius 2 is 2.05 bits per heavy atom. The fourth-order valence-corrected chi connectivity index (χ4v) is 2.94. The third-order valence-electron chi connectivity index (χ3n) is 4.13. The van der Waals surface area contributed by atoms with E-state index in [1.807, 2.05) is 12.1 Å². The Morgan fingerprint density at radius 1 is 1.33 bits per heavy atom. The largest absolute Gasteiger partial charge is 0.381 e. The molecule has 0 spiro atoms. The molecule has 118 valence electrons. The van der Waals surface area contributed by atoms with Crippen LogP contribution >= 0.6 is 0 Å². The monoisotopic (exact) mass is 294 g/mol. The summed E-state index contributed by atoms with van der Waals surface area (Å²) < 4.78 is 18.8. The maximum absolute atomic E-state index is 13.0. The van der Waals surface area contributed by atoms with Gasteiger partial charge in [0.25, 0.3) is 0 Å². The zero-order valence-electron chi connectivity index (χ0n) is 13.4. The van der Waals surface area contributed by atoms with Crippen LogP contribution in [0.3, 0.4) is 0 Å². The Kier molecular flexibility index (Phi) is 5.59. The van der Waals surface area contributed by atoms with E-state index in [1.54, 1.807) is 0 Å². The molecule has 1 N–H and O–H groups in total. The van der Waals surface area contributed by atoms with Crippen LogP contribution in [0.15, 0.2) is 24.3 Å². The SMILES string of the molecule is CC(C)NCC1(CN(C)c2ccc(F)cc2)CCCOC1. The highest BCUT2D eigenvalue weighted by Crippen LogP contribution is 2.30. The zero-order chi connectivity index (χ0) is 15.3. The van der Waals surface area contributed by atoms with Gasteiger partial charge in [0.1, 0.15) is 5.82 Å². The summed E-state index contributed by atoms with van der Waals surface area (Å²) >= 11 is 0. The molecule has 1 aliphatic heterocycles. The molecule has 2 rings (SSSR count). The lowest BCUT2D eigenvalue weighted by Crippen LogP contribution is -2.49. The second-order valence-corrected chi connectivity index (χ2v) is 6.52. The number of halogens is 1. The molecule has 21 heavy (non-hydrogen) atoms. The summed E-state index contributed by atoms with van der Waals surface area (Å²) in [6.07, 6.45) is 2.27. The highest BCUT2D eigenvalue weighted by atomic mass is 19.1. The second kappa shape index (κ2) is 7.23. The number of hydrogen-bond acceptors (Lipinski definition) is 3. The van der Waals surface area contributed by atoms with Gasteiger partial charge in [-0.15, -0.1) is 0 Å². The molecule has 1 atom stereocenters. The van der Waals surface area contributed by atoms with Crippen molar-refractivity contribution in [3.63, 3.8) is 0 Å². The van der Waals surface area contributed by atoms with Crippen LogP contribution in [-0.2, 0) is 4.74 Å². The Balaban J connectivity index is 2.04. The fraction of sp³-hybridized carbons (Fsp3) is 0.647. The summed E-state index contributed by atoms with van der Waals surface area (Å²) in [4.78, 5) is 2.20. The third kappa shape index (κ3) is 4.68. The van der Waals surface area contributed by atoms with Crippen molar-refractivity contribution in [2.45, 2.75) is 32.7 Å². The normalized spacial score (nSPS) is 22.5. The quantitative estimate of drug-likeness (QED) is 0.872. The molecule has 3 nitrogen and oxygen atoms in total. The lowest BCUT2D eigenvalue weighted by molar-refractivity contribution is -0.00359. The molecule has 0 radical (unpaired) electrons. The van der Waals surface area contributed by atoms with Crippen molar-refractivity contribution in [2.24, 2.45) is 5.41 Å². The second-order valence-electron chi connectivity index (χ2n) is 6.52. The first-order valence-electron chi connectivity index (χ1n) is 7.79. The van der Waals surface area contributed by atoms with Crippen molar-refractivity contribution in [1.29, 1.82) is 0 Å². The summed E-state index contributed by atoms with van der Waals surface area (Å²) in [5.74, 6) is -0.190. The minimum absolute atomic E-state index is 0.131. The van der Waals surface area contributed by atoms with E-state index in [0.717, 1.165) is 44.8 Å². The average Bonchev–Trinajstić information content (AvgIpc) is 2.47. The Hall–Kier alpha value is -1.13. The number of nitrogens with zero attached hydrogens (tertiary/aromatic N) is 1. The van der Waals surface area contributed by atoms with Gasteiger partial charge in [-0.05, 0) is 37.1 Å². The molecule has 4 heteroatoms. The molecule has 0 bridgehead atoms. The minimum Gasteiger partial charge on any atom is -0.381 e. The molecule has 0 saturated carbocycles. The van der Waals surface area contributed by atoms with Gasteiger partial charge in [0.2, 0.25) is 0 Å². The summed E-state index contributed by atoms with van der Waals surface area (Å²) in [5.41, 5.74) is 1.18. The number of benzene rings is 1. The molecule has 1 heterocycles. The summed E-state index contributed by atoms with van der Waals surface area (Å²) in [6.45, 7) is 7.86. The van der Waals surface area contributed by atoms with E-state index in [1.165, 1.54) is 12.1 Å². The first-order chi connectivity index (χ1) is 10.0. The van der Waals surface area contributed by atoms with E-state index >= 15 is 0 Å². The van der Waals surface area contributed by atoms with Crippen LogP contribution in [0, 0.1) is 11.2 Å². The summed E-state index contributed by atoms with van der Waals surface area (Å²) in [5, 5.41) is 3.56. The van der Waals surface area contributed by atoms with E-state index in [0.29, 0.717) is 6.04 Å². The average molecular weight is 294 g/mol. The number of nitrogens with one attached hydrogen (secondary N) is 1. The summed E-state index contributed by atoms with van der Waals surface area (Å²) in [7, 11) is 2.07. The standard InChI is InChI=1S/C17H27FN2O/c1-14(2)19-11-17(9-4-10-21-13-17)12-20(3)16-7-5-15(18)6-8-16/h5-8,14,19H,4,9-13H2,1-3H3. The molecule has 0 amide bonds. The predicted molar refractivity (Wildman–Crippen MR) is 85.3 cm³/mol. The minimum atomic E-state index is -0.190. The molecule has 0 aliphatic carbocycles. The van der Waals surface area contributed by atoms with Gasteiger partial charge in [0, 0.05) is 43.9 Å². The van der Waals surface area contributed by atoms with Gasteiger partial charge in [-0.3, -0.25) is 0 Å². The van der Waals surface area contributed by atoms with Gasteiger partial charge in [0.05, 0.1) is 6.61 Å². The lowest BCUT2D eigenvalue weighted by Gasteiger charge is -2.41. The van der Waals surface area contributed by atoms with Crippen LogP contribution in [0.2, 0.25) is 0 Å². The first-order valence-corrected chi connectivity index (χ1v) is 7.79. The smallest absolute Gasteiger partial charge is 0.123 e. The molecule has 1 saturated heterocycles. The van der Waals surface area contributed by atoms with Crippen molar-refractivity contribution in [1.82, 2.24) is 5.32 Å². The number of anilines is 1. The molecule has 0 aromatic heterocycles. The number of hydrogen-bond donors (Lipinski definition) is 1. The van der Waals surface area contributed by atoms with Crippen LogP contribution in [0.1, 0.15) is 26.7 Å². The van der Waals surface area contributed by atoms with Crippen LogP contribution in [0.5, 0.6) is 0 Å². The predicted octanol–water partition coefficient (Wildman–Crippen LogP) is 3.06. The zero-order valence-corrected chi connectivity index (χ0v) is 13.4. The molecule has 1 aliphatic rings. The Bertz CT molecular complexity index is 427. The van der Waals surface area contributed by atoms with E-state index < -0.39 is 0 Å². The van der Waals surface area contributed by atoms with E-state index in [9.17, 15) is 4.39 Å². The number of rotatable bonds is 6. The molecule has 1 fully saturated rings. The van der Waals surface area contributed by atoms with Crippen LogP contribution in [0.4, 0.5) is 10.1 Å². The third-order valence-corrected chi connectivity index (χ3v) is 4.13. The lowest BCUT2D eigenvalue weighted by atomic mass is 9.81. The highest BCUT2D eigenvalue weighted by Gasteiger charge is 2.34. The van der Waals surface area contributed by atoms with Crippen LogP contribution in [0.25, 0.3) is 0 Å². The Morgan fingerprint density at radius 3 is 2.62 bits per heavy atom. The van der Waals surface area contributed by atoms with Crippen LogP contribution in [-0.4, -0.2) is 39.4 Å². The van der Waals surface area contributed by atoms with E-state index in [4.69, 9.17) is 4.74 Å². The van der Waals surface area contributed by atoms with Crippen molar-refractivity contribution in [3.05, 3.63) is 30.1 Å². The fourth-order valence-electron chi connectivity index (χ4n) is 2.94. The molecule has 1 aromatic carbocycles. The number of ether oxygens (including phenoxy) is 1. The van der Waals surface area contributed by atoms with Crippen LogP contribution < -0.4 is 10.2 Å². The summed E-state index contributed by atoms with van der Waals surface area (Å²) in [6, 6.07) is 7.18. The molecule has 1 unspecified atom stereocenters.